The first-order valence-corrected chi connectivity index (χ1v) is 12.8. The molecule has 0 aromatic heterocycles. The summed E-state index contributed by atoms with van der Waals surface area (Å²) >= 11 is 0. The van der Waals surface area contributed by atoms with Crippen molar-refractivity contribution in [3.05, 3.63) is 95.1 Å². The second-order valence-electron chi connectivity index (χ2n) is 9.55. The van der Waals surface area contributed by atoms with Crippen LogP contribution >= 0.6 is 12.4 Å². The molecule has 0 radical (unpaired) electrons. The van der Waals surface area contributed by atoms with Crippen molar-refractivity contribution in [2.24, 2.45) is 0 Å². The van der Waals surface area contributed by atoms with Gasteiger partial charge in [-0.1, -0.05) is 67.9 Å². The average molecular weight is 487 g/mol. The lowest BCUT2D eigenvalue weighted by Crippen LogP contribution is -2.33. The van der Waals surface area contributed by atoms with Gasteiger partial charge in [0, 0.05) is 17.3 Å². The molecule has 3 aromatic rings. The van der Waals surface area contributed by atoms with Crippen LogP contribution in [-0.4, -0.2) is 23.9 Å². The molecule has 1 N–H and O–H groups in total. The van der Waals surface area contributed by atoms with E-state index in [2.05, 4.69) is 89.9 Å². The Morgan fingerprint density at radius 2 is 1.63 bits per heavy atom. The maximum atomic E-state index is 13.1. The van der Waals surface area contributed by atoms with Crippen LogP contribution < -0.4 is 5.32 Å². The first-order valence-electron chi connectivity index (χ1n) is 12.8. The minimum absolute atomic E-state index is 0. The average Bonchev–Trinajstić information content (AvgIpc) is 2.90. The highest BCUT2D eigenvalue weighted by molar-refractivity contribution is 6.07. The van der Waals surface area contributed by atoms with Crippen LogP contribution in [-0.2, 0) is 11.2 Å². The molecule has 1 aliphatic heterocycles. The summed E-state index contributed by atoms with van der Waals surface area (Å²) in [4.78, 5) is 15.7. The lowest BCUT2D eigenvalue weighted by atomic mass is 9.89. The van der Waals surface area contributed by atoms with Crippen molar-refractivity contribution in [2.75, 3.05) is 18.4 Å². The summed E-state index contributed by atoms with van der Waals surface area (Å²) in [6.07, 6.45) is 8.81. The second kappa shape index (κ2) is 11.7. The number of halogens is 1. The third-order valence-electron chi connectivity index (χ3n) is 7.31. The summed E-state index contributed by atoms with van der Waals surface area (Å²) in [7, 11) is 0. The molecule has 1 saturated heterocycles. The maximum Gasteiger partial charge on any atom is 0.251 e. The number of nitrogens with one attached hydrogen (secondary N) is 1. The number of aryl methyl sites for hydroxylation is 1. The fraction of sp³-hybridized carbons (Fsp3) is 0.323. The number of rotatable bonds is 6. The van der Waals surface area contributed by atoms with E-state index in [1.165, 1.54) is 54.6 Å². The van der Waals surface area contributed by atoms with Gasteiger partial charge in [0.2, 0.25) is 0 Å². The number of carbonyl (C=O) groups excluding carboxylic acids is 1. The van der Waals surface area contributed by atoms with Crippen molar-refractivity contribution in [3.63, 3.8) is 0 Å². The molecule has 1 atom stereocenters. The highest BCUT2D eigenvalue weighted by Gasteiger charge is 2.21. The van der Waals surface area contributed by atoms with E-state index < -0.39 is 0 Å². The van der Waals surface area contributed by atoms with Crippen molar-refractivity contribution >= 4 is 30.1 Å². The summed E-state index contributed by atoms with van der Waals surface area (Å²) in [5.41, 5.74) is 7.91. The molecule has 1 aliphatic carbocycles. The number of anilines is 1. The smallest absolute Gasteiger partial charge is 0.251 e. The molecule has 0 spiro atoms. The van der Waals surface area contributed by atoms with Crippen LogP contribution in [0.3, 0.4) is 0 Å². The van der Waals surface area contributed by atoms with E-state index in [0.717, 1.165) is 36.1 Å². The van der Waals surface area contributed by atoms with Crippen molar-refractivity contribution in [2.45, 2.75) is 51.5 Å². The minimum Gasteiger partial charge on any atom is -0.322 e. The third-order valence-corrected chi connectivity index (χ3v) is 7.31. The molecule has 2 aliphatic rings. The zero-order valence-corrected chi connectivity index (χ0v) is 21.3. The zero-order valence-electron chi connectivity index (χ0n) is 20.5. The number of nitrogens with zero attached hydrogens (tertiary/aromatic N) is 1. The molecule has 0 saturated carbocycles. The summed E-state index contributed by atoms with van der Waals surface area (Å²) in [5, 5.41) is 3.13. The number of hydrogen-bond donors (Lipinski definition) is 1. The van der Waals surface area contributed by atoms with Gasteiger partial charge >= 0.3 is 0 Å². The Morgan fingerprint density at radius 3 is 2.34 bits per heavy atom. The van der Waals surface area contributed by atoms with Crippen LogP contribution in [0.5, 0.6) is 0 Å². The molecule has 1 fully saturated rings. The molecule has 182 valence electrons. The van der Waals surface area contributed by atoms with E-state index >= 15 is 0 Å². The predicted octanol–water partition coefficient (Wildman–Crippen LogP) is 7.68. The second-order valence-corrected chi connectivity index (χ2v) is 9.55. The van der Waals surface area contributed by atoms with Crippen molar-refractivity contribution < 1.29 is 4.79 Å². The van der Waals surface area contributed by atoms with Gasteiger partial charge in [-0.15, -0.1) is 12.4 Å². The zero-order chi connectivity index (χ0) is 23.3. The van der Waals surface area contributed by atoms with Gasteiger partial charge in [-0.2, -0.15) is 0 Å². The summed E-state index contributed by atoms with van der Waals surface area (Å²) in [6, 6.07) is 26.0. The van der Waals surface area contributed by atoms with Crippen molar-refractivity contribution in [1.29, 1.82) is 0 Å². The van der Waals surface area contributed by atoms with Crippen LogP contribution in [0.25, 0.3) is 17.2 Å². The quantitative estimate of drug-likeness (QED) is 0.387. The normalized spacial score (nSPS) is 16.4. The van der Waals surface area contributed by atoms with Gasteiger partial charge in [0.25, 0.3) is 5.91 Å². The first kappa shape index (κ1) is 25.2. The van der Waals surface area contributed by atoms with E-state index in [-0.39, 0.29) is 18.3 Å². The van der Waals surface area contributed by atoms with Crippen LogP contribution in [0.15, 0.2) is 78.4 Å². The van der Waals surface area contributed by atoms with E-state index in [1.807, 2.05) is 6.07 Å². The van der Waals surface area contributed by atoms with E-state index in [4.69, 9.17) is 0 Å². The maximum absolute atomic E-state index is 13.1. The standard InChI is InChI=1S/C31H34N2O.ClH/c1-2-30(33-19-7-4-8-20-33)25-15-17-29(18-16-25)32-31(34)27-14-12-24-11-13-26(21-28(24)22-27)23-9-5-3-6-10-23;/h3,5-6,9-11,13,15-18,21-22,30H,2,4,7-8,12,14,19-20H2,1H3,(H,32,34);1H. The highest BCUT2D eigenvalue weighted by Crippen LogP contribution is 2.31. The number of fused-ring (bicyclic) bond motifs is 1. The van der Waals surface area contributed by atoms with Gasteiger partial charge in [-0.25, -0.2) is 0 Å². The highest BCUT2D eigenvalue weighted by atomic mass is 35.5. The van der Waals surface area contributed by atoms with E-state index in [9.17, 15) is 4.79 Å². The van der Waals surface area contributed by atoms with Crippen LogP contribution in [0.2, 0.25) is 0 Å². The van der Waals surface area contributed by atoms with E-state index in [1.54, 1.807) is 0 Å². The van der Waals surface area contributed by atoms with E-state index in [0.29, 0.717) is 6.04 Å². The third kappa shape index (κ3) is 5.86. The van der Waals surface area contributed by atoms with Gasteiger partial charge in [0.05, 0.1) is 0 Å². The minimum atomic E-state index is 0. The number of benzene rings is 3. The topological polar surface area (TPSA) is 32.3 Å². The van der Waals surface area contributed by atoms with Gasteiger partial charge in [-0.05, 0) is 97.3 Å². The van der Waals surface area contributed by atoms with Gasteiger partial charge in [0.15, 0.2) is 0 Å². The Morgan fingerprint density at radius 1 is 0.886 bits per heavy atom. The predicted molar refractivity (Wildman–Crippen MR) is 149 cm³/mol. The lowest BCUT2D eigenvalue weighted by molar-refractivity contribution is -0.112. The first-order chi connectivity index (χ1) is 16.7. The molecule has 3 nitrogen and oxygen atoms in total. The lowest BCUT2D eigenvalue weighted by Gasteiger charge is -2.34. The number of likely N-dealkylation sites (tertiary alicyclic amines) is 1. The largest absolute Gasteiger partial charge is 0.322 e. The Bertz CT molecular complexity index is 1160. The van der Waals surface area contributed by atoms with Crippen LogP contribution in [0, 0.1) is 0 Å². The SMILES string of the molecule is CCC(c1ccc(NC(=O)C2=Cc3cc(-c4ccccc4)ccc3CC2)cc1)N1CCCCC1.Cl. The van der Waals surface area contributed by atoms with Crippen molar-refractivity contribution in [3.8, 4) is 11.1 Å². The van der Waals surface area contributed by atoms with Gasteiger partial charge < -0.3 is 5.32 Å². The fourth-order valence-corrected chi connectivity index (χ4v) is 5.41. The summed E-state index contributed by atoms with van der Waals surface area (Å²) < 4.78 is 0. The summed E-state index contributed by atoms with van der Waals surface area (Å²) in [5.74, 6) is 0.00610. The molecule has 4 heteroatoms. The summed E-state index contributed by atoms with van der Waals surface area (Å²) in [6.45, 7) is 4.66. The van der Waals surface area contributed by atoms with Crippen molar-refractivity contribution in [1.82, 2.24) is 4.90 Å². The Kier molecular flexibility index (Phi) is 8.43. The molecular weight excluding hydrogens is 452 g/mol. The van der Waals surface area contributed by atoms with Gasteiger partial charge in [-0.3, -0.25) is 9.69 Å². The van der Waals surface area contributed by atoms with Crippen LogP contribution in [0.4, 0.5) is 5.69 Å². The fourth-order valence-electron chi connectivity index (χ4n) is 5.41. The Balaban J connectivity index is 0.00000289. The Labute approximate surface area is 215 Å². The molecule has 1 amide bonds. The number of carbonyl (C=O) groups is 1. The number of piperidine rings is 1. The van der Waals surface area contributed by atoms with Gasteiger partial charge in [0.1, 0.15) is 0 Å². The molecule has 0 bridgehead atoms. The molecule has 3 aromatic carbocycles. The molecular formula is C31H35ClN2O. The number of hydrogen-bond acceptors (Lipinski definition) is 2. The molecule has 5 rings (SSSR count). The molecule has 1 heterocycles. The monoisotopic (exact) mass is 486 g/mol. The molecule has 1 unspecified atom stereocenters. The Hall–Kier alpha value is -2.88. The van der Waals surface area contributed by atoms with Crippen LogP contribution in [0.1, 0.15) is 61.8 Å². The molecule has 35 heavy (non-hydrogen) atoms. The number of amides is 1.